The van der Waals surface area contributed by atoms with Gasteiger partial charge in [-0.05, 0) is 53.6 Å². The largest absolute Gasteiger partial charge is 0.478 e. The molecule has 184 valence electrons. The van der Waals surface area contributed by atoms with Crippen molar-refractivity contribution in [2.45, 2.75) is 5.92 Å². The van der Waals surface area contributed by atoms with Gasteiger partial charge >= 0.3 is 5.97 Å². The number of pyridine rings is 1. The average molecular weight is 515 g/mol. The molecule has 0 radical (unpaired) electrons. The van der Waals surface area contributed by atoms with Gasteiger partial charge in [-0.2, -0.15) is 4.98 Å². The number of halogens is 2. The fourth-order valence-electron chi connectivity index (χ4n) is 3.34. The van der Waals surface area contributed by atoms with Crippen molar-refractivity contribution in [2.75, 3.05) is 5.32 Å². The molecule has 10 heteroatoms. The van der Waals surface area contributed by atoms with Gasteiger partial charge in [0.25, 0.3) is 0 Å². The van der Waals surface area contributed by atoms with Gasteiger partial charge in [0.15, 0.2) is 5.82 Å². The molecule has 4 rings (SSSR count). The van der Waals surface area contributed by atoms with Crippen LogP contribution in [0.25, 0.3) is 17.2 Å². The minimum Gasteiger partial charge on any atom is -0.478 e. The number of hydrogen-bond donors (Lipinski definition) is 3. The van der Waals surface area contributed by atoms with Gasteiger partial charge in [-0.15, -0.1) is 0 Å². The molecule has 0 aliphatic carbocycles. The van der Waals surface area contributed by atoms with E-state index in [-0.39, 0.29) is 11.0 Å². The molecule has 4 aromatic rings. The Bertz CT molecular complexity index is 1490. The highest BCUT2D eigenvalue weighted by Crippen LogP contribution is 2.31. The molecule has 2 heterocycles. The number of nitrogens with one attached hydrogen (secondary N) is 2. The molecule has 0 bridgehead atoms. The van der Waals surface area contributed by atoms with E-state index < -0.39 is 17.7 Å². The summed E-state index contributed by atoms with van der Waals surface area (Å²) in [5.41, 5.74) is 3.09. The lowest BCUT2D eigenvalue weighted by Crippen LogP contribution is -2.04. The summed E-state index contributed by atoms with van der Waals surface area (Å²) in [4.78, 5) is 28.7. The lowest BCUT2D eigenvalue weighted by atomic mass is 10.0. The van der Waals surface area contributed by atoms with Gasteiger partial charge in [-0.25, -0.2) is 19.2 Å². The van der Waals surface area contributed by atoms with E-state index in [2.05, 4.69) is 25.3 Å². The van der Waals surface area contributed by atoms with Crippen LogP contribution in [0, 0.1) is 11.2 Å². The topological polar surface area (TPSA) is 124 Å². The van der Waals surface area contributed by atoms with Crippen LogP contribution in [0.4, 0.5) is 21.8 Å². The Morgan fingerprint density at radius 2 is 2.00 bits per heavy atom. The third kappa shape index (κ3) is 6.68. The number of aliphatic carboxylic acids is 1. The molecule has 0 saturated carbocycles. The molecule has 2 aromatic heterocycles. The molecular weight excluding hydrogens is 495 g/mol. The Morgan fingerprint density at radius 1 is 1.14 bits per heavy atom. The van der Waals surface area contributed by atoms with E-state index in [9.17, 15) is 9.18 Å². The Hall–Kier alpha value is -4.76. The smallest absolute Gasteiger partial charge is 0.328 e. The first-order chi connectivity index (χ1) is 17.9. The Balaban J connectivity index is 1.74. The van der Waals surface area contributed by atoms with Crippen LogP contribution in [0.1, 0.15) is 17.2 Å². The maximum atomic E-state index is 13.6. The molecule has 0 aliphatic heterocycles. The third-order valence-corrected chi connectivity index (χ3v) is 5.42. The summed E-state index contributed by atoms with van der Waals surface area (Å²) in [6.45, 7) is 0. The zero-order valence-electron chi connectivity index (χ0n) is 19.2. The molecule has 1 unspecified atom stereocenters. The summed E-state index contributed by atoms with van der Waals surface area (Å²) in [5.74, 6) is -1.58. The molecule has 1 atom stereocenters. The molecule has 0 amide bonds. The number of carboxylic acid groups (broad SMARTS) is 1. The maximum Gasteiger partial charge on any atom is 0.328 e. The van der Waals surface area contributed by atoms with Gasteiger partial charge in [0.05, 0.1) is 16.6 Å². The average Bonchev–Trinajstić information content (AvgIpc) is 2.91. The number of rotatable bonds is 9. The summed E-state index contributed by atoms with van der Waals surface area (Å²) in [6, 6.07) is 16.7. The van der Waals surface area contributed by atoms with Crippen molar-refractivity contribution < 1.29 is 14.3 Å². The van der Waals surface area contributed by atoms with Crippen LogP contribution in [0.2, 0.25) is 5.02 Å². The van der Waals surface area contributed by atoms with E-state index in [1.807, 2.05) is 12.1 Å². The lowest BCUT2D eigenvalue weighted by molar-refractivity contribution is -0.131. The van der Waals surface area contributed by atoms with Crippen molar-refractivity contribution in [3.8, 4) is 11.1 Å². The Morgan fingerprint density at radius 3 is 2.73 bits per heavy atom. The summed E-state index contributed by atoms with van der Waals surface area (Å²) < 4.78 is 13.6. The number of carbonyl (C=O) groups is 1. The molecule has 0 aliphatic rings. The predicted molar refractivity (Wildman–Crippen MR) is 143 cm³/mol. The van der Waals surface area contributed by atoms with Crippen LogP contribution in [-0.2, 0) is 4.79 Å². The van der Waals surface area contributed by atoms with Crippen LogP contribution in [0.5, 0.6) is 0 Å². The summed E-state index contributed by atoms with van der Waals surface area (Å²) in [6.07, 6.45) is 8.54. The molecule has 0 spiro atoms. The third-order valence-electron chi connectivity index (χ3n) is 5.13. The highest BCUT2D eigenvalue weighted by molar-refractivity contribution is 6.31. The molecule has 2 aromatic carbocycles. The number of benzene rings is 2. The van der Waals surface area contributed by atoms with Crippen molar-refractivity contribution in [1.82, 2.24) is 15.0 Å². The number of carboxylic acids is 1. The number of anilines is 2. The van der Waals surface area contributed by atoms with Crippen LogP contribution < -0.4 is 5.32 Å². The van der Waals surface area contributed by atoms with E-state index in [1.165, 1.54) is 30.5 Å². The second-order valence-electron chi connectivity index (χ2n) is 7.71. The fourth-order valence-corrected chi connectivity index (χ4v) is 3.52. The highest BCUT2D eigenvalue weighted by Gasteiger charge is 2.12. The van der Waals surface area contributed by atoms with Crippen molar-refractivity contribution in [3.05, 3.63) is 101 Å². The van der Waals surface area contributed by atoms with Gasteiger partial charge in [-0.1, -0.05) is 35.9 Å². The maximum absolute atomic E-state index is 13.6. The van der Waals surface area contributed by atoms with Crippen molar-refractivity contribution in [3.63, 3.8) is 0 Å². The Labute approximate surface area is 216 Å². The normalized spacial score (nSPS) is 12.1. The first-order valence-corrected chi connectivity index (χ1v) is 11.4. The van der Waals surface area contributed by atoms with Crippen molar-refractivity contribution in [1.29, 1.82) is 5.41 Å². The second-order valence-corrected chi connectivity index (χ2v) is 8.11. The fraction of sp³-hybridized carbons (Fsp3) is 0.0370. The SMILES string of the molecule is N=CC(C=Nc1nc(Nc2ccc(F)c(Cl)c2)ncc1-c1cccc(/C=C/C(=O)O)c1)c1ccccn1. The van der Waals surface area contributed by atoms with E-state index in [1.54, 1.807) is 48.9 Å². The van der Waals surface area contributed by atoms with Gasteiger partial charge in [0.1, 0.15) is 5.82 Å². The summed E-state index contributed by atoms with van der Waals surface area (Å²) in [7, 11) is 0. The van der Waals surface area contributed by atoms with Crippen LogP contribution in [0.15, 0.2) is 84.1 Å². The summed E-state index contributed by atoms with van der Waals surface area (Å²) >= 11 is 5.89. The van der Waals surface area contributed by atoms with Gasteiger partial charge in [-0.3, -0.25) is 4.98 Å². The highest BCUT2D eigenvalue weighted by atomic mass is 35.5. The van der Waals surface area contributed by atoms with Gasteiger partial charge in [0.2, 0.25) is 5.95 Å². The number of nitrogens with zero attached hydrogens (tertiary/aromatic N) is 4. The summed E-state index contributed by atoms with van der Waals surface area (Å²) in [5, 5.41) is 19.7. The number of aliphatic imine (C=N–C) groups is 1. The van der Waals surface area contributed by atoms with Crippen LogP contribution in [-0.4, -0.2) is 38.5 Å². The molecule has 0 saturated heterocycles. The van der Waals surface area contributed by atoms with E-state index in [0.29, 0.717) is 33.9 Å². The first-order valence-electron chi connectivity index (χ1n) is 11.0. The van der Waals surface area contributed by atoms with Crippen LogP contribution >= 0.6 is 11.6 Å². The minimum absolute atomic E-state index is 0.0460. The van der Waals surface area contributed by atoms with Gasteiger partial charge in [0, 0.05) is 42.1 Å². The molecule has 8 nitrogen and oxygen atoms in total. The van der Waals surface area contributed by atoms with Gasteiger partial charge < -0.3 is 15.8 Å². The second kappa shape index (κ2) is 11.8. The molecule has 37 heavy (non-hydrogen) atoms. The van der Waals surface area contributed by atoms with Crippen molar-refractivity contribution in [2.24, 2.45) is 4.99 Å². The first kappa shape index (κ1) is 25.3. The lowest BCUT2D eigenvalue weighted by Gasteiger charge is -2.11. The molecule has 3 N–H and O–H groups in total. The molecule has 0 fully saturated rings. The monoisotopic (exact) mass is 514 g/mol. The van der Waals surface area contributed by atoms with Crippen molar-refractivity contribution >= 4 is 53.5 Å². The number of hydrogen-bond acceptors (Lipinski definition) is 7. The van der Waals surface area contributed by atoms with E-state index in [0.717, 1.165) is 6.08 Å². The van der Waals surface area contributed by atoms with E-state index >= 15 is 0 Å². The Kier molecular flexibility index (Phi) is 8.07. The predicted octanol–water partition coefficient (Wildman–Crippen LogP) is 6.31. The standard InChI is InChI=1S/C27H20ClFN6O2/c28-22-13-20(8-9-23(22)29)34-27-33-16-21(18-5-3-4-17(12-18)7-10-25(36)37)26(35-27)32-15-19(14-30)24-6-1-2-11-31-24/h1-16,19,30H,(H,36,37)(H,33,34,35)/b10-7+,30-14?,32-15?. The zero-order chi connectivity index (χ0) is 26.2. The quantitative estimate of drug-likeness (QED) is 0.177. The van der Waals surface area contributed by atoms with Crippen LogP contribution in [0.3, 0.4) is 0 Å². The number of aromatic nitrogens is 3. The minimum atomic E-state index is -1.05. The van der Waals surface area contributed by atoms with E-state index in [4.69, 9.17) is 22.1 Å². The molecular formula is C27H20ClFN6O2. The zero-order valence-corrected chi connectivity index (χ0v) is 20.0.